The van der Waals surface area contributed by atoms with E-state index in [2.05, 4.69) is 9.82 Å². The average molecular weight is 205 g/mol. The van der Waals surface area contributed by atoms with Gasteiger partial charge in [0.15, 0.2) is 0 Å². The lowest BCUT2D eigenvalue weighted by atomic mass is 10.1. The molecule has 0 fully saturated rings. The van der Waals surface area contributed by atoms with Crippen LogP contribution in [0.25, 0.3) is 10.9 Å². The Bertz CT molecular complexity index is 527. The van der Waals surface area contributed by atoms with E-state index in [0.717, 1.165) is 0 Å². The first-order valence-corrected chi connectivity index (χ1v) is 4.13. The van der Waals surface area contributed by atoms with E-state index in [1.807, 2.05) is 0 Å². The normalized spacial score (nSPS) is 10.2. The molecule has 0 aliphatic rings. The number of rotatable bonds is 2. The molecule has 2 aromatic rings. The van der Waals surface area contributed by atoms with Gasteiger partial charge in [-0.2, -0.15) is 5.90 Å². The summed E-state index contributed by atoms with van der Waals surface area (Å²) in [5.41, 5.74) is 0.369. The maximum atomic E-state index is 10.8. The molecular weight excluding hydrogens is 198 g/mol. The second-order valence-electron chi connectivity index (χ2n) is 2.86. The minimum Gasteiger partial charge on any atom is -0.404 e. The predicted octanol–water partition coefficient (Wildman–Crippen LogP) is 1.40. The van der Waals surface area contributed by atoms with Crippen LogP contribution in [0.4, 0.5) is 5.69 Å². The maximum absolute atomic E-state index is 10.8. The van der Waals surface area contributed by atoms with Crippen molar-refractivity contribution in [2.45, 2.75) is 0 Å². The lowest BCUT2D eigenvalue weighted by Crippen LogP contribution is -2.05. The van der Waals surface area contributed by atoms with Gasteiger partial charge in [-0.15, -0.1) is 0 Å². The Kier molecular flexibility index (Phi) is 2.18. The highest BCUT2D eigenvalue weighted by Gasteiger charge is 2.19. The van der Waals surface area contributed by atoms with E-state index in [9.17, 15) is 10.1 Å². The molecule has 1 aromatic heterocycles. The van der Waals surface area contributed by atoms with E-state index < -0.39 is 4.92 Å². The molecule has 0 radical (unpaired) electrons. The number of nitrogens with two attached hydrogens (primary N) is 1. The lowest BCUT2D eigenvalue weighted by molar-refractivity contribution is -0.384. The molecule has 1 heterocycles. The Morgan fingerprint density at radius 2 is 2.20 bits per heavy atom. The van der Waals surface area contributed by atoms with Crippen molar-refractivity contribution in [1.82, 2.24) is 4.98 Å². The average Bonchev–Trinajstić information content (AvgIpc) is 2.27. The van der Waals surface area contributed by atoms with E-state index >= 15 is 0 Å². The first-order valence-electron chi connectivity index (χ1n) is 4.13. The Balaban J connectivity index is 2.85. The third-order valence-electron chi connectivity index (χ3n) is 2.03. The summed E-state index contributed by atoms with van der Waals surface area (Å²) in [6.07, 6.45) is 1.56. The van der Waals surface area contributed by atoms with Gasteiger partial charge < -0.3 is 4.84 Å². The third-order valence-corrected chi connectivity index (χ3v) is 2.03. The molecule has 0 saturated heterocycles. The van der Waals surface area contributed by atoms with Crippen molar-refractivity contribution in [3.8, 4) is 5.75 Å². The molecule has 6 heteroatoms. The van der Waals surface area contributed by atoms with Crippen molar-refractivity contribution in [2.24, 2.45) is 5.90 Å². The van der Waals surface area contributed by atoms with Crippen molar-refractivity contribution in [3.63, 3.8) is 0 Å². The highest BCUT2D eigenvalue weighted by atomic mass is 16.6. The van der Waals surface area contributed by atoms with Gasteiger partial charge in [0.1, 0.15) is 0 Å². The number of fused-ring (bicyclic) bond motifs is 1. The third kappa shape index (κ3) is 1.46. The lowest BCUT2D eigenvalue weighted by Gasteiger charge is -2.02. The van der Waals surface area contributed by atoms with Crippen LogP contribution in [0.5, 0.6) is 5.75 Å². The molecule has 0 unspecified atom stereocenters. The van der Waals surface area contributed by atoms with Gasteiger partial charge in [0, 0.05) is 6.20 Å². The van der Waals surface area contributed by atoms with Crippen molar-refractivity contribution >= 4 is 16.6 Å². The molecule has 0 amide bonds. The first-order chi connectivity index (χ1) is 7.24. The zero-order chi connectivity index (χ0) is 10.8. The van der Waals surface area contributed by atoms with Crippen molar-refractivity contribution < 1.29 is 9.76 Å². The van der Waals surface area contributed by atoms with Gasteiger partial charge in [0.25, 0.3) is 0 Å². The molecule has 76 valence electrons. The fourth-order valence-electron chi connectivity index (χ4n) is 1.40. The molecule has 1 aromatic carbocycles. The van der Waals surface area contributed by atoms with Crippen LogP contribution in [0.15, 0.2) is 30.5 Å². The number of nitrogens with zero attached hydrogens (tertiary/aromatic N) is 2. The summed E-state index contributed by atoms with van der Waals surface area (Å²) in [6, 6.07) is 6.26. The van der Waals surface area contributed by atoms with Crippen molar-refractivity contribution in [2.75, 3.05) is 0 Å². The highest BCUT2D eigenvalue weighted by Crippen LogP contribution is 2.33. The number of nitro benzene ring substituents is 1. The van der Waals surface area contributed by atoms with Gasteiger partial charge in [-0.25, -0.2) is 0 Å². The van der Waals surface area contributed by atoms with Crippen molar-refractivity contribution in [3.05, 3.63) is 40.6 Å². The predicted molar refractivity (Wildman–Crippen MR) is 53.2 cm³/mol. The molecular formula is C9H7N3O3. The number of hydrogen-bond donors (Lipinski definition) is 1. The fraction of sp³-hybridized carbons (Fsp3) is 0. The van der Waals surface area contributed by atoms with Gasteiger partial charge in [-0.05, 0) is 24.3 Å². The van der Waals surface area contributed by atoms with Crippen LogP contribution in [-0.4, -0.2) is 9.91 Å². The molecule has 0 bridgehead atoms. The summed E-state index contributed by atoms with van der Waals surface area (Å²) in [5.74, 6) is 4.98. The van der Waals surface area contributed by atoms with Gasteiger partial charge >= 0.3 is 5.69 Å². The van der Waals surface area contributed by atoms with E-state index in [4.69, 9.17) is 5.90 Å². The quantitative estimate of drug-likeness (QED) is 0.590. The van der Waals surface area contributed by atoms with Crippen LogP contribution in [0.3, 0.4) is 0 Å². The second kappa shape index (κ2) is 3.50. The zero-order valence-electron chi connectivity index (χ0n) is 7.58. The van der Waals surface area contributed by atoms with E-state index in [1.165, 1.54) is 6.07 Å². The van der Waals surface area contributed by atoms with Crippen molar-refractivity contribution in [1.29, 1.82) is 0 Å². The number of benzene rings is 1. The molecule has 2 N–H and O–H groups in total. The summed E-state index contributed by atoms with van der Waals surface area (Å²) in [7, 11) is 0. The number of aromatic nitrogens is 1. The van der Waals surface area contributed by atoms with Crippen LogP contribution in [0.2, 0.25) is 0 Å². The Hall–Kier alpha value is -2.21. The smallest absolute Gasteiger partial charge is 0.322 e. The molecule has 6 nitrogen and oxygen atoms in total. The fourth-order valence-corrected chi connectivity index (χ4v) is 1.40. The zero-order valence-corrected chi connectivity index (χ0v) is 7.58. The number of hydrogen-bond acceptors (Lipinski definition) is 5. The van der Waals surface area contributed by atoms with Crippen LogP contribution in [0, 0.1) is 10.1 Å². The molecule has 2 rings (SSSR count). The Morgan fingerprint density at radius 1 is 1.40 bits per heavy atom. The van der Waals surface area contributed by atoms with Gasteiger partial charge in [-0.3, -0.25) is 15.1 Å². The minimum atomic E-state index is -0.536. The first kappa shape index (κ1) is 9.35. The largest absolute Gasteiger partial charge is 0.404 e. The molecule has 0 saturated carbocycles. The van der Waals surface area contributed by atoms with Gasteiger partial charge in [0.2, 0.25) is 5.75 Å². The van der Waals surface area contributed by atoms with Gasteiger partial charge in [-0.1, -0.05) is 0 Å². The van der Waals surface area contributed by atoms with Crippen LogP contribution in [0.1, 0.15) is 0 Å². The molecule has 0 aliphatic carbocycles. The number of nitro groups is 1. The second-order valence-corrected chi connectivity index (χ2v) is 2.86. The van der Waals surface area contributed by atoms with Crippen LogP contribution < -0.4 is 10.7 Å². The van der Waals surface area contributed by atoms with E-state index in [-0.39, 0.29) is 11.4 Å². The number of pyridine rings is 1. The Labute approximate surface area is 84.4 Å². The molecule has 0 aliphatic heterocycles. The Morgan fingerprint density at radius 3 is 2.87 bits per heavy atom. The van der Waals surface area contributed by atoms with Crippen LogP contribution in [-0.2, 0) is 0 Å². The van der Waals surface area contributed by atoms with Crippen LogP contribution >= 0.6 is 0 Å². The maximum Gasteiger partial charge on any atom is 0.322 e. The highest BCUT2D eigenvalue weighted by molar-refractivity contribution is 5.90. The topological polar surface area (TPSA) is 91.3 Å². The summed E-state index contributed by atoms with van der Waals surface area (Å²) in [5, 5.41) is 11.2. The SMILES string of the molecule is NOc1ccc2ncccc2c1[N+](=O)[O-]. The molecule has 15 heavy (non-hydrogen) atoms. The standard InChI is InChI=1S/C9H7N3O3/c10-15-8-4-3-7-6(2-1-5-11-7)9(8)12(13)14/h1-5H,10H2. The van der Waals surface area contributed by atoms with E-state index in [0.29, 0.717) is 10.9 Å². The minimum absolute atomic E-state index is 0.0282. The molecule has 0 atom stereocenters. The monoisotopic (exact) mass is 205 g/mol. The van der Waals surface area contributed by atoms with Gasteiger partial charge in [0.05, 0.1) is 15.8 Å². The summed E-state index contributed by atoms with van der Waals surface area (Å²) in [4.78, 5) is 18.7. The summed E-state index contributed by atoms with van der Waals surface area (Å²) in [6.45, 7) is 0. The summed E-state index contributed by atoms with van der Waals surface area (Å²) < 4.78 is 0. The summed E-state index contributed by atoms with van der Waals surface area (Å²) >= 11 is 0. The molecule has 0 spiro atoms. The van der Waals surface area contributed by atoms with E-state index in [1.54, 1.807) is 24.4 Å².